The molecule has 0 amide bonds. The summed E-state index contributed by atoms with van der Waals surface area (Å²) in [5.41, 5.74) is -0.542. The molecule has 0 unspecified atom stereocenters. The maximum atomic E-state index is 10.3. The molecular formula is C10H23NO2. The van der Waals surface area contributed by atoms with Crippen molar-refractivity contribution >= 4 is 5.97 Å². The van der Waals surface area contributed by atoms with Gasteiger partial charge in [0.05, 0.1) is 5.41 Å². The Hall–Kier alpha value is -0.570. The fraction of sp³-hybridized carbons (Fsp3) is 0.900. The second-order valence-electron chi connectivity index (χ2n) is 3.94. The van der Waals surface area contributed by atoms with E-state index in [0.717, 1.165) is 6.54 Å². The summed E-state index contributed by atoms with van der Waals surface area (Å²) in [6.07, 6.45) is 0.683. The third-order valence-electron chi connectivity index (χ3n) is 2.10. The summed E-state index contributed by atoms with van der Waals surface area (Å²) in [5, 5.41) is 8.44. The summed E-state index contributed by atoms with van der Waals surface area (Å²) in [7, 11) is 4.11. The Labute approximate surface area is 81.7 Å². The Kier molecular flexibility index (Phi) is 7.92. The summed E-state index contributed by atoms with van der Waals surface area (Å²) in [4.78, 5) is 12.4. The lowest BCUT2D eigenvalue weighted by Crippen LogP contribution is -2.21. The Morgan fingerprint density at radius 1 is 1.31 bits per heavy atom. The highest BCUT2D eigenvalue weighted by Gasteiger charge is 2.23. The maximum Gasteiger partial charge on any atom is 0.309 e. The van der Waals surface area contributed by atoms with Crippen LogP contribution in [-0.2, 0) is 4.79 Å². The number of rotatable bonds is 3. The van der Waals surface area contributed by atoms with E-state index in [-0.39, 0.29) is 0 Å². The molecule has 0 saturated heterocycles. The quantitative estimate of drug-likeness (QED) is 0.739. The number of hydrogen-bond acceptors (Lipinski definition) is 2. The first-order valence-electron chi connectivity index (χ1n) is 4.66. The first-order valence-corrected chi connectivity index (χ1v) is 4.66. The van der Waals surface area contributed by atoms with Crippen LogP contribution in [0.15, 0.2) is 0 Å². The van der Waals surface area contributed by atoms with Crippen LogP contribution in [0.1, 0.15) is 34.1 Å². The van der Waals surface area contributed by atoms with Crippen molar-refractivity contribution in [1.29, 1.82) is 0 Å². The topological polar surface area (TPSA) is 40.5 Å². The predicted molar refractivity (Wildman–Crippen MR) is 55.9 cm³/mol. The molecule has 0 aromatic carbocycles. The zero-order valence-electron chi connectivity index (χ0n) is 9.72. The lowest BCUT2D eigenvalue weighted by Gasteiger charge is -2.14. The van der Waals surface area contributed by atoms with Crippen LogP contribution in [0.25, 0.3) is 0 Å². The van der Waals surface area contributed by atoms with Crippen molar-refractivity contribution in [3.63, 3.8) is 0 Å². The molecule has 80 valence electrons. The zero-order chi connectivity index (χ0) is 11.1. The summed E-state index contributed by atoms with van der Waals surface area (Å²) in [5.74, 6) is -0.722. The standard InChI is InChI=1S/C6H12O2.C4H11N/c1-4-6(2,3)5(7)8;1-4-5(2)3/h4H2,1-3H3,(H,7,8);4H2,1-3H3. The molecule has 0 saturated carbocycles. The molecule has 0 atom stereocenters. The average molecular weight is 189 g/mol. The SMILES string of the molecule is CCC(C)(C)C(=O)O.CCN(C)C. The molecule has 3 nitrogen and oxygen atoms in total. The molecule has 0 aliphatic heterocycles. The number of carboxylic acids is 1. The van der Waals surface area contributed by atoms with Gasteiger partial charge >= 0.3 is 5.97 Å². The van der Waals surface area contributed by atoms with E-state index >= 15 is 0 Å². The van der Waals surface area contributed by atoms with E-state index in [1.165, 1.54) is 0 Å². The van der Waals surface area contributed by atoms with Gasteiger partial charge in [0.2, 0.25) is 0 Å². The second kappa shape index (κ2) is 6.89. The van der Waals surface area contributed by atoms with Crippen LogP contribution in [0.4, 0.5) is 0 Å². The minimum Gasteiger partial charge on any atom is -0.481 e. The molecule has 0 rings (SSSR count). The summed E-state index contributed by atoms with van der Waals surface area (Å²) < 4.78 is 0. The highest BCUT2D eigenvalue weighted by Crippen LogP contribution is 2.18. The van der Waals surface area contributed by atoms with E-state index < -0.39 is 11.4 Å². The monoisotopic (exact) mass is 189 g/mol. The molecule has 0 spiro atoms. The van der Waals surface area contributed by atoms with Crippen molar-refractivity contribution in [2.75, 3.05) is 20.6 Å². The summed E-state index contributed by atoms with van der Waals surface area (Å²) in [6.45, 7) is 8.57. The van der Waals surface area contributed by atoms with Gasteiger partial charge in [0.1, 0.15) is 0 Å². The number of nitrogens with zero attached hydrogens (tertiary/aromatic N) is 1. The van der Waals surface area contributed by atoms with E-state index in [4.69, 9.17) is 5.11 Å². The minimum absolute atomic E-state index is 0.542. The molecule has 0 bridgehead atoms. The number of hydrogen-bond donors (Lipinski definition) is 1. The largest absolute Gasteiger partial charge is 0.481 e. The fourth-order valence-electron chi connectivity index (χ4n) is 0.151. The summed E-state index contributed by atoms with van der Waals surface area (Å²) in [6, 6.07) is 0. The predicted octanol–water partition coefficient (Wildman–Crippen LogP) is 2.08. The Morgan fingerprint density at radius 2 is 1.62 bits per heavy atom. The van der Waals surface area contributed by atoms with Crippen LogP contribution in [0.5, 0.6) is 0 Å². The van der Waals surface area contributed by atoms with Crippen molar-refractivity contribution in [2.45, 2.75) is 34.1 Å². The van der Waals surface area contributed by atoms with Crippen molar-refractivity contribution in [1.82, 2.24) is 4.90 Å². The normalized spacial score (nSPS) is 10.7. The van der Waals surface area contributed by atoms with Crippen molar-refractivity contribution < 1.29 is 9.90 Å². The van der Waals surface area contributed by atoms with E-state index in [9.17, 15) is 4.79 Å². The Morgan fingerprint density at radius 3 is 1.62 bits per heavy atom. The van der Waals surface area contributed by atoms with Crippen LogP contribution in [0.2, 0.25) is 0 Å². The smallest absolute Gasteiger partial charge is 0.309 e. The van der Waals surface area contributed by atoms with Crippen molar-refractivity contribution in [3.05, 3.63) is 0 Å². The molecule has 0 aliphatic carbocycles. The lowest BCUT2D eigenvalue weighted by molar-refractivity contribution is -0.147. The highest BCUT2D eigenvalue weighted by atomic mass is 16.4. The summed E-state index contributed by atoms with van der Waals surface area (Å²) >= 11 is 0. The van der Waals surface area contributed by atoms with Crippen molar-refractivity contribution in [3.8, 4) is 0 Å². The van der Waals surface area contributed by atoms with Gasteiger partial charge in [-0.2, -0.15) is 0 Å². The molecule has 0 fully saturated rings. The maximum absolute atomic E-state index is 10.3. The second-order valence-corrected chi connectivity index (χ2v) is 3.94. The van der Waals surface area contributed by atoms with Gasteiger partial charge in [0, 0.05) is 0 Å². The Balaban J connectivity index is 0. The van der Waals surface area contributed by atoms with E-state index in [1.807, 2.05) is 6.92 Å². The van der Waals surface area contributed by atoms with Crippen LogP contribution in [0, 0.1) is 5.41 Å². The highest BCUT2D eigenvalue weighted by molar-refractivity contribution is 5.73. The van der Waals surface area contributed by atoms with E-state index in [0.29, 0.717) is 6.42 Å². The fourth-order valence-corrected chi connectivity index (χ4v) is 0.151. The molecule has 0 aromatic heterocycles. The third-order valence-corrected chi connectivity index (χ3v) is 2.10. The lowest BCUT2D eigenvalue weighted by atomic mass is 9.91. The van der Waals surface area contributed by atoms with E-state index in [1.54, 1.807) is 13.8 Å². The first-order chi connectivity index (χ1) is 5.77. The minimum atomic E-state index is -0.722. The molecule has 3 heteroatoms. The van der Waals surface area contributed by atoms with E-state index in [2.05, 4.69) is 25.9 Å². The zero-order valence-corrected chi connectivity index (χ0v) is 9.72. The van der Waals surface area contributed by atoms with Gasteiger partial charge in [-0.05, 0) is 40.9 Å². The molecule has 0 heterocycles. The third kappa shape index (κ3) is 9.34. The van der Waals surface area contributed by atoms with Gasteiger partial charge in [-0.1, -0.05) is 13.8 Å². The molecule has 0 radical (unpaired) electrons. The van der Waals surface area contributed by atoms with Gasteiger partial charge in [0.25, 0.3) is 0 Å². The van der Waals surface area contributed by atoms with Gasteiger partial charge in [-0.25, -0.2) is 0 Å². The van der Waals surface area contributed by atoms with Gasteiger partial charge in [-0.3, -0.25) is 4.79 Å². The van der Waals surface area contributed by atoms with Gasteiger partial charge < -0.3 is 10.0 Å². The van der Waals surface area contributed by atoms with Crippen LogP contribution >= 0.6 is 0 Å². The molecule has 0 aliphatic rings. The molecule has 13 heavy (non-hydrogen) atoms. The van der Waals surface area contributed by atoms with Gasteiger partial charge in [-0.15, -0.1) is 0 Å². The molecule has 0 aromatic rings. The average Bonchev–Trinajstić information content (AvgIpc) is 2.05. The van der Waals surface area contributed by atoms with Crippen LogP contribution in [0.3, 0.4) is 0 Å². The van der Waals surface area contributed by atoms with Crippen LogP contribution < -0.4 is 0 Å². The number of carboxylic acid groups (broad SMARTS) is 1. The molecule has 1 N–H and O–H groups in total. The van der Waals surface area contributed by atoms with Crippen molar-refractivity contribution in [2.24, 2.45) is 5.41 Å². The molecular weight excluding hydrogens is 166 g/mol. The number of aliphatic carboxylic acids is 1. The van der Waals surface area contributed by atoms with Crippen LogP contribution in [-0.4, -0.2) is 36.6 Å². The first kappa shape index (κ1) is 14.9. The number of carbonyl (C=O) groups is 1. The Bertz CT molecular complexity index is 142. The van der Waals surface area contributed by atoms with Gasteiger partial charge in [0.15, 0.2) is 0 Å².